The summed E-state index contributed by atoms with van der Waals surface area (Å²) >= 11 is 0. The lowest BCUT2D eigenvalue weighted by Crippen LogP contribution is -2.36. The Morgan fingerprint density at radius 3 is 2.35 bits per heavy atom. The molecular formula is C15H15N3O2. The Hall–Kier alpha value is -2.56. The van der Waals surface area contributed by atoms with E-state index >= 15 is 0 Å². The molecule has 0 unspecified atom stereocenters. The van der Waals surface area contributed by atoms with E-state index in [2.05, 4.69) is 0 Å². The molecule has 5 nitrogen and oxygen atoms in total. The summed E-state index contributed by atoms with van der Waals surface area (Å²) in [7, 11) is 3.17. The normalized spacial score (nSPS) is 11.2. The van der Waals surface area contributed by atoms with Gasteiger partial charge < -0.3 is 4.57 Å². The van der Waals surface area contributed by atoms with Crippen LogP contribution in [0.2, 0.25) is 0 Å². The van der Waals surface area contributed by atoms with Gasteiger partial charge in [-0.25, -0.2) is 4.79 Å². The van der Waals surface area contributed by atoms with Gasteiger partial charge >= 0.3 is 5.69 Å². The summed E-state index contributed by atoms with van der Waals surface area (Å²) in [5, 5.41) is 0.540. The Balaban J connectivity index is 2.41. The summed E-state index contributed by atoms with van der Waals surface area (Å²) in [6.07, 6.45) is 3.60. The van der Waals surface area contributed by atoms with Crippen LogP contribution in [0.15, 0.2) is 46.2 Å². The van der Waals surface area contributed by atoms with Crippen molar-refractivity contribution in [1.29, 1.82) is 0 Å². The third-order valence-electron chi connectivity index (χ3n) is 3.67. The minimum absolute atomic E-state index is 0.268. The number of fused-ring (bicyclic) bond motifs is 1. The molecule has 102 valence electrons. The minimum Gasteiger partial charge on any atom is -0.321 e. The van der Waals surface area contributed by atoms with Crippen molar-refractivity contribution in [3.05, 3.63) is 63.1 Å². The largest absolute Gasteiger partial charge is 0.330 e. The van der Waals surface area contributed by atoms with Crippen molar-refractivity contribution in [3.8, 4) is 5.69 Å². The Labute approximate surface area is 115 Å². The van der Waals surface area contributed by atoms with E-state index in [1.54, 1.807) is 13.2 Å². The molecule has 1 aromatic carbocycles. The first kappa shape index (κ1) is 12.5. The Bertz CT molecular complexity index is 928. The second kappa shape index (κ2) is 4.23. The molecule has 0 saturated carbocycles. The first-order chi connectivity index (χ1) is 9.50. The van der Waals surface area contributed by atoms with Crippen molar-refractivity contribution in [2.45, 2.75) is 6.92 Å². The van der Waals surface area contributed by atoms with Crippen LogP contribution in [0.1, 0.15) is 5.56 Å². The van der Waals surface area contributed by atoms with Gasteiger partial charge in [-0.1, -0.05) is 18.2 Å². The van der Waals surface area contributed by atoms with E-state index in [-0.39, 0.29) is 11.2 Å². The number of benzene rings is 1. The van der Waals surface area contributed by atoms with Gasteiger partial charge in [-0.2, -0.15) is 0 Å². The average molecular weight is 269 g/mol. The molecule has 2 aromatic heterocycles. The molecule has 0 bridgehead atoms. The van der Waals surface area contributed by atoms with Crippen LogP contribution in [0.5, 0.6) is 0 Å². The summed E-state index contributed by atoms with van der Waals surface area (Å²) in [6, 6.07) is 7.91. The molecule has 2 heterocycles. The number of rotatable bonds is 1. The summed E-state index contributed by atoms with van der Waals surface area (Å²) in [6.45, 7) is 2.01. The van der Waals surface area contributed by atoms with E-state index < -0.39 is 0 Å². The smallest absolute Gasteiger partial charge is 0.321 e. The van der Waals surface area contributed by atoms with Crippen molar-refractivity contribution >= 4 is 10.9 Å². The van der Waals surface area contributed by atoms with Gasteiger partial charge in [0.05, 0.1) is 10.9 Å². The summed E-state index contributed by atoms with van der Waals surface area (Å²) < 4.78 is 4.51. The minimum atomic E-state index is -0.315. The third kappa shape index (κ3) is 1.63. The molecule has 0 N–H and O–H groups in total. The fourth-order valence-corrected chi connectivity index (χ4v) is 2.46. The third-order valence-corrected chi connectivity index (χ3v) is 3.67. The van der Waals surface area contributed by atoms with Crippen LogP contribution in [-0.4, -0.2) is 13.7 Å². The maximum atomic E-state index is 12.2. The van der Waals surface area contributed by atoms with Crippen LogP contribution in [0.4, 0.5) is 0 Å². The van der Waals surface area contributed by atoms with Gasteiger partial charge in [0.15, 0.2) is 0 Å². The van der Waals surface area contributed by atoms with Gasteiger partial charge in [-0.3, -0.25) is 13.9 Å². The highest BCUT2D eigenvalue weighted by atomic mass is 16.2. The van der Waals surface area contributed by atoms with E-state index in [1.165, 1.54) is 11.6 Å². The lowest BCUT2D eigenvalue weighted by Gasteiger charge is -2.05. The van der Waals surface area contributed by atoms with Crippen molar-refractivity contribution in [2.75, 3.05) is 0 Å². The van der Waals surface area contributed by atoms with Gasteiger partial charge in [-0.05, 0) is 18.6 Å². The van der Waals surface area contributed by atoms with Crippen LogP contribution in [0, 0.1) is 6.92 Å². The average Bonchev–Trinajstić information content (AvgIpc) is 2.88. The molecule has 3 aromatic rings. The van der Waals surface area contributed by atoms with E-state index in [4.69, 9.17) is 0 Å². The highest BCUT2D eigenvalue weighted by molar-refractivity contribution is 5.78. The van der Waals surface area contributed by atoms with Gasteiger partial charge in [0.1, 0.15) is 0 Å². The topological polar surface area (TPSA) is 48.9 Å². The molecule has 20 heavy (non-hydrogen) atoms. The number of aromatic nitrogens is 3. The van der Waals surface area contributed by atoms with Gasteiger partial charge in [0, 0.05) is 32.2 Å². The zero-order valence-corrected chi connectivity index (χ0v) is 11.6. The summed E-state index contributed by atoms with van der Waals surface area (Å²) in [5.74, 6) is 0. The van der Waals surface area contributed by atoms with Crippen LogP contribution in [-0.2, 0) is 14.1 Å². The van der Waals surface area contributed by atoms with Crippen LogP contribution < -0.4 is 11.2 Å². The maximum Gasteiger partial charge on any atom is 0.330 e. The predicted molar refractivity (Wildman–Crippen MR) is 78.5 cm³/mol. The van der Waals surface area contributed by atoms with E-state index in [0.29, 0.717) is 10.9 Å². The molecule has 0 spiro atoms. The first-order valence-corrected chi connectivity index (χ1v) is 6.34. The highest BCUT2D eigenvalue weighted by Gasteiger charge is 2.11. The molecule has 0 atom stereocenters. The monoisotopic (exact) mass is 269 g/mol. The van der Waals surface area contributed by atoms with E-state index in [1.807, 2.05) is 42.0 Å². The Morgan fingerprint density at radius 1 is 0.950 bits per heavy atom. The molecule has 0 aliphatic carbocycles. The Morgan fingerprint density at radius 2 is 1.65 bits per heavy atom. The molecule has 0 amide bonds. The SMILES string of the molecule is Cc1ccccc1-n1cc2c(=O)n(C)c(=O)n(C)c2c1. The number of hydrogen-bond acceptors (Lipinski definition) is 2. The number of hydrogen-bond donors (Lipinski definition) is 0. The second-order valence-electron chi connectivity index (χ2n) is 4.96. The maximum absolute atomic E-state index is 12.2. The first-order valence-electron chi connectivity index (χ1n) is 6.34. The fraction of sp³-hybridized carbons (Fsp3) is 0.200. The van der Waals surface area contributed by atoms with Gasteiger partial charge in [0.2, 0.25) is 0 Å². The van der Waals surface area contributed by atoms with E-state index in [9.17, 15) is 9.59 Å². The fourth-order valence-electron chi connectivity index (χ4n) is 2.46. The Kier molecular flexibility index (Phi) is 2.64. The van der Waals surface area contributed by atoms with Crippen molar-refractivity contribution in [2.24, 2.45) is 14.1 Å². The standard InChI is InChI=1S/C15H15N3O2/c1-10-6-4-5-7-12(10)18-8-11-13(9-18)16(2)15(20)17(3)14(11)19/h4-9H,1-3H3. The van der Waals surface area contributed by atoms with Crippen LogP contribution >= 0.6 is 0 Å². The highest BCUT2D eigenvalue weighted by Crippen LogP contribution is 2.17. The quantitative estimate of drug-likeness (QED) is 0.669. The molecule has 0 fully saturated rings. The summed E-state index contributed by atoms with van der Waals surface area (Å²) in [5.41, 5.74) is 2.16. The number of para-hydroxylation sites is 1. The number of aryl methyl sites for hydroxylation is 2. The molecule has 0 saturated heterocycles. The van der Waals surface area contributed by atoms with Crippen LogP contribution in [0.25, 0.3) is 16.6 Å². The van der Waals surface area contributed by atoms with Crippen molar-refractivity contribution in [1.82, 2.24) is 13.7 Å². The molecule has 0 aliphatic rings. The van der Waals surface area contributed by atoms with Crippen molar-refractivity contribution < 1.29 is 0 Å². The molecule has 3 rings (SSSR count). The second-order valence-corrected chi connectivity index (χ2v) is 4.96. The predicted octanol–water partition coefficient (Wildman–Crippen LogP) is 1.34. The lowest BCUT2D eigenvalue weighted by molar-refractivity contribution is 0.714. The van der Waals surface area contributed by atoms with E-state index in [0.717, 1.165) is 15.8 Å². The summed E-state index contributed by atoms with van der Waals surface area (Å²) in [4.78, 5) is 24.1. The van der Waals surface area contributed by atoms with Crippen molar-refractivity contribution in [3.63, 3.8) is 0 Å². The zero-order chi connectivity index (χ0) is 14.4. The van der Waals surface area contributed by atoms with Crippen LogP contribution in [0.3, 0.4) is 0 Å². The van der Waals surface area contributed by atoms with Gasteiger partial charge in [-0.15, -0.1) is 0 Å². The van der Waals surface area contributed by atoms with Gasteiger partial charge in [0.25, 0.3) is 5.56 Å². The molecule has 0 radical (unpaired) electrons. The molecular weight excluding hydrogens is 254 g/mol. The molecule has 5 heteroatoms. The lowest BCUT2D eigenvalue weighted by atomic mass is 10.2. The molecule has 0 aliphatic heterocycles. The number of nitrogens with zero attached hydrogens (tertiary/aromatic N) is 3. The zero-order valence-electron chi connectivity index (χ0n) is 11.6.